The van der Waals surface area contributed by atoms with Gasteiger partial charge in [-0.3, -0.25) is 4.68 Å². The third-order valence-corrected chi connectivity index (χ3v) is 3.52. The molecule has 0 radical (unpaired) electrons. The number of benzene rings is 1. The van der Waals surface area contributed by atoms with Gasteiger partial charge in [-0.15, -0.1) is 0 Å². The van der Waals surface area contributed by atoms with Crippen LogP contribution in [-0.4, -0.2) is 22.4 Å². The van der Waals surface area contributed by atoms with Crippen LogP contribution in [0.25, 0.3) is 0 Å². The molecule has 1 atom stereocenters. The van der Waals surface area contributed by atoms with Gasteiger partial charge in [-0.1, -0.05) is 30.7 Å². The summed E-state index contributed by atoms with van der Waals surface area (Å²) in [4.78, 5) is 0. The van der Waals surface area contributed by atoms with E-state index in [-0.39, 0.29) is 16.9 Å². The van der Waals surface area contributed by atoms with Crippen molar-refractivity contribution in [3.63, 3.8) is 0 Å². The van der Waals surface area contributed by atoms with Crippen molar-refractivity contribution in [3.8, 4) is 0 Å². The first-order chi connectivity index (χ1) is 9.60. The molecule has 2 rings (SSSR count). The lowest BCUT2D eigenvalue weighted by Crippen LogP contribution is -2.33. The molecule has 0 saturated carbocycles. The number of aromatic nitrogens is 2. The Bertz CT molecular complexity index is 568. The smallest absolute Gasteiger partial charge is 0.145 e. The molecule has 0 saturated heterocycles. The number of likely N-dealkylation sites (N-methyl/N-ethyl adjacent to an activating group) is 1. The molecule has 0 aliphatic heterocycles. The van der Waals surface area contributed by atoms with Crippen LogP contribution in [-0.2, 0) is 19.9 Å². The normalized spacial score (nSPS) is 12.6. The minimum Gasteiger partial charge on any atom is -0.314 e. The number of rotatable bonds is 6. The maximum Gasteiger partial charge on any atom is 0.145 e. The molecule has 108 valence electrons. The number of aryl methyl sites for hydroxylation is 1. The second kappa shape index (κ2) is 6.86. The number of hydrogen-bond acceptors (Lipinski definition) is 2. The molecule has 0 aliphatic rings. The minimum atomic E-state index is -0.316. The first-order valence-corrected chi connectivity index (χ1v) is 7.11. The van der Waals surface area contributed by atoms with Crippen molar-refractivity contribution in [1.82, 2.24) is 15.1 Å². The highest BCUT2D eigenvalue weighted by Gasteiger charge is 2.14. The first kappa shape index (κ1) is 15.0. The van der Waals surface area contributed by atoms with Crippen molar-refractivity contribution < 1.29 is 4.39 Å². The third-order valence-electron chi connectivity index (χ3n) is 3.23. The van der Waals surface area contributed by atoms with Gasteiger partial charge < -0.3 is 5.32 Å². The summed E-state index contributed by atoms with van der Waals surface area (Å²) >= 11 is 5.83. The van der Waals surface area contributed by atoms with Crippen LogP contribution in [0.2, 0.25) is 5.02 Å². The summed E-state index contributed by atoms with van der Waals surface area (Å²) in [5.74, 6) is -0.316. The van der Waals surface area contributed by atoms with Crippen LogP contribution in [0.5, 0.6) is 0 Å². The second-order valence-electron chi connectivity index (χ2n) is 4.90. The topological polar surface area (TPSA) is 29.9 Å². The number of nitrogens with zero attached hydrogens (tertiary/aromatic N) is 2. The predicted octanol–water partition coefficient (Wildman–Crippen LogP) is 2.98. The van der Waals surface area contributed by atoms with Gasteiger partial charge in [-0.25, -0.2) is 4.39 Å². The largest absolute Gasteiger partial charge is 0.314 e. The Kier molecular flexibility index (Phi) is 5.15. The molecule has 1 N–H and O–H groups in total. The Hall–Kier alpha value is -1.39. The van der Waals surface area contributed by atoms with E-state index in [1.54, 1.807) is 22.9 Å². The van der Waals surface area contributed by atoms with Crippen LogP contribution < -0.4 is 5.32 Å². The zero-order valence-electron chi connectivity index (χ0n) is 11.7. The van der Waals surface area contributed by atoms with Crippen LogP contribution in [0.3, 0.4) is 0 Å². The third kappa shape index (κ3) is 3.81. The fraction of sp³-hybridized carbons (Fsp3) is 0.400. The van der Waals surface area contributed by atoms with E-state index < -0.39 is 0 Å². The minimum absolute atomic E-state index is 0.164. The van der Waals surface area contributed by atoms with Crippen molar-refractivity contribution in [1.29, 1.82) is 0 Å². The van der Waals surface area contributed by atoms with Gasteiger partial charge in [0.15, 0.2) is 0 Å². The van der Waals surface area contributed by atoms with E-state index in [2.05, 4.69) is 10.4 Å². The van der Waals surface area contributed by atoms with E-state index in [0.717, 1.165) is 18.5 Å². The average Bonchev–Trinajstić information content (AvgIpc) is 2.81. The van der Waals surface area contributed by atoms with Crippen molar-refractivity contribution in [2.75, 3.05) is 6.54 Å². The molecule has 0 aliphatic carbocycles. The molecule has 20 heavy (non-hydrogen) atoms. The Morgan fingerprint density at radius 3 is 2.85 bits per heavy atom. The zero-order valence-corrected chi connectivity index (χ0v) is 12.5. The number of hydrogen-bond donors (Lipinski definition) is 1. The monoisotopic (exact) mass is 295 g/mol. The van der Waals surface area contributed by atoms with Crippen LogP contribution in [0.15, 0.2) is 30.6 Å². The van der Waals surface area contributed by atoms with E-state index in [1.807, 2.05) is 26.4 Å². The van der Waals surface area contributed by atoms with E-state index in [1.165, 1.54) is 0 Å². The molecule has 0 amide bonds. The summed E-state index contributed by atoms with van der Waals surface area (Å²) in [6.07, 6.45) is 5.25. The van der Waals surface area contributed by atoms with Crippen LogP contribution in [0.4, 0.5) is 4.39 Å². The molecule has 5 heteroatoms. The molecule has 0 bridgehead atoms. The molecule has 3 nitrogen and oxygen atoms in total. The van der Waals surface area contributed by atoms with Crippen molar-refractivity contribution >= 4 is 11.6 Å². The SMILES string of the molecule is CCNC(Cc1cnn(C)c1)Cc1cccc(Cl)c1F. The summed E-state index contributed by atoms with van der Waals surface area (Å²) < 4.78 is 15.7. The van der Waals surface area contributed by atoms with Gasteiger partial charge in [-0.05, 0) is 36.6 Å². The number of nitrogens with one attached hydrogen (secondary N) is 1. The fourth-order valence-electron chi connectivity index (χ4n) is 2.34. The van der Waals surface area contributed by atoms with Crippen LogP contribution in [0, 0.1) is 5.82 Å². The lowest BCUT2D eigenvalue weighted by molar-refractivity contribution is 0.506. The van der Waals surface area contributed by atoms with Gasteiger partial charge in [0.1, 0.15) is 5.82 Å². The van der Waals surface area contributed by atoms with Crippen LogP contribution >= 0.6 is 11.6 Å². The molecule has 0 spiro atoms. The van der Waals surface area contributed by atoms with Gasteiger partial charge in [0.25, 0.3) is 0 Å². The van der Waals surface area contributed by atoms with Crippen molar-refractivity contribution in [3.05, 3.63) is 52.6 Å². The van der Waals surface area contributed by atoms with E-state index in [0.29, 0.717) is 12.0 Å². The van der Waals surface area contributed by atoms with E-state index >= 15 is 0 Å². The highest BCUT2D eigenvalue weighted by molar-refractivity contribution is 6.30. The molecular weight excluding hydrogens is 277 g/mol. The Morgan fingerprint density at radius 2 is 2.20 bits per heavy atom. The quantitative estimate of drug-likeness (QED) is 0.888. The van der Waals surface area contributed by atoms with Gasteiger partial charge in [0.05, 0.1) is 11.2 Å². The molecule has 1 heterocycles. The standard InChI is InChI=1S/C15H19ClFN3/c1-3-18-13(7-11-9-19-20(2)10-11)8-12-5-4-6-14(16)15(12)17/h4-6,9-10,13,18H,3,7-8H2,1-2H3. The molecule has 1 aromatic carbocycles. The van der Waals surface area contributed by atoms with Gasteiger partial charge >= 0.3 is 0 Å². The highest BCUT2D eigenvalue weighted by atomic mass is 35.5. The molecular formula is C15H19ClFN3. The Balaban J connectivity index is 2.10. The molecule has 1 aromatic heterocycles. The maximum absolute atomic E-state index is 14.0. The highest BCUT2D eigenvalue weighted by Crippen LogP contribution is 2.19. The summed E-state index contributed by atoms with van der Waals surface area (Å²) in [6, 6.07) is 5.31. The fourth-order valence-corrected chi connectivity index (χ4v) is 2.53. The molecule has 0 fully saturated rings. The molecule has 1 unspecified atom stereocenters. The van der Waals surface area contributed by atoms with Crippen molar-refractivity contribution in [2.24, 2.45) is 7.05 Å². The second-order valence-corrected chi connectivity index (χ2v) is 5.31. The summed E-state index contributed by atoms with van der Waals surface area (Å²) in [5.41, 5.74) is 1.79. The lowest BCUT2D eigenvalue weighted by atomic mass is 10.00. The number of halogens is 2. The predicted molar refractivity (Wildman–Crippen MR) is 79.5 cm³/mol. The lowest BCUT2D eigenvalue weighted by Gasteiger charge is -2.18. The van der Waals surface area contributed by atoms with E-state index in [4.69, 9.17) is 11.6 Å². The van der Waals surface area contributed by atoms with Crippen molar-refractivity contribution in [2.45, 2.75) is 25.8 Å². The van der Waals surface area contributed by atoms with Gasteiger partial charge in [-0.2, -0.15) is 5.10 Å². The summed E-state index contributed by atoms with van der Waals surface area (Å²) in [7, 11) is 1.89. The maximum atomic E-state index is 14.0. The average molecular weight is 296 g/mol. The van der Waals surface area contributed by atoms with E-state index in [9.17, 15) is 4.39 Å². The van der Waals surface area contributed by atoms with Crippen LogP contribution in [0.1, 0.15) is 18.1 Å². The Labute approximate surface area is 123 Å². The Morgan fingerprint density at radius 1 is 1.40 bits per heavy atom. The summed E-state index contributed by atoms with van der Waals surface area (Å²) in [6.45, 7) is 2.89. The molecule has 2 aromatic rings. The van der Waals surface area contributed by atoms with Gasteiger partial charge in [0, 0.05) is 19.3 Å². The zero-order chi connectivity index (χ0) is 14.5. The first-order valence-electron chi connectivity index (χ1n) is 6.74. The van der Waals surface area contributed by atoms with Gasteiger partial charge in [0.2, 0.25) is 0 Å². The summed E-state index contributed by atoms with van der Waals surface area (Å²) in [5, 5.41) is 7.73.